The molecule has 2 N–H and O–H groups in total. The maximum absolute atomic E-state index is 6.36. The molecule has 0 bridgehead atoms. The lowest BCUT2D eigenvalue weighted by Crippen LogP contribution is -2.15. The summed E-state index contributed by atoms with van der Waals surface area (Å²) in [6.07, 6.45) is 7.97. The number of rotatable bonds is 7. The molecular formula is C16H27N5. The number of hydrogen-bond acceptors (Lipinski definition) is 3. The van der Waals surface area contributed by atoms with E-state index in [4.69, 9.17) is 5.73 Å². The molecule has 0 saturated heterocycles. The second kappa shape index (κ2) is 6.89. The Morgan fingerprint density at radius 2 is 1.90 bits per heavy atom. The van der Waals surface area contributed by atoms with Crippen LogP contribution in [0.4, 0.5) is 0 Å². The van der Waals surface area contributed by atoms with Gasteiger partial charge < -0.3 is 5.73 Å². The van der Waals surface area contributed by atoms with Crippen molar-refractivity contribution in [2.45, 2.75) is 58.5 Å². The fourth-order valence-corrected chi connectivity index (χ4v) is 2.83. The fraction of sp³-hybridized carbons (Fsp3) is 0.625. The van der Waals surface area contributed by atoms with Crippen LogP contribution in [0.1, 0.15) is 62.6 Å². The van der Waals surface area contributed by atoms with Crippen molar-refractivity contribution in [1.82, 2.24) is 19.6 Å². The zero-order valence-electron chi connectivity index (χ0n) is 13.6. The van der Waals surface area contributed by atoms with E-state index in [2.05, 4.69) is 47.9 Å². The molecule has 2 aromatic rings. The summed E-state index contributed by atoms with van der Waals surface area (Å²) >= 11 is 0. The van der Waals surface area contributed by atoms with Crippen LogP contribution >= 0.6 is 0 Å². The average molecular weight is 289 g/mol. The van der Waals surface area contributed by atoms with Crippen molar-refractivity contribution in [3.63, 3.8) is 0 Å². The van der Waals surface area contributed by atoms with Gasteiger partial charge in [-0.1, -0.05) is 20.8 Å². The van der Waals surface area contributed by atoms with Gasteiger partial charge >= 0.3 is 0 Å². The van der Waals surface area contributed by atoms with Crippen LogP contribution in [0.2, 0.25) is 0 Å². The average Bonchev–Trinajstić information content (AvgIpc) is 3.07. The monoisotopic (exact) mass is 289 g/mol. The molecule has 116 valence electrons. The summed E-state index contributed by atoms with van der Waals surface area (Å²) < 4.78 is 3.92. The van der Waals surface area contributed by atoms with Crippen molar-refractivity contribution >= 4 is 0 Å². The molecule has 0 saturated carbocycles. The van der Waals surface area contributed by atoms with Gasteiger partial charge in [0.25, 0.3) is 0 Å². The smallest absolute Gasteiger partial charge is 0.0669 e. The summed E-state index contributed by atoms with van der Waals surface area (Å²) in [6.45, 7) is 6.51. The van der Waals surface area contributed by atoms with Crippen LogP contribution in [0.5, 0.6) is 0 Å². The third-order valence-electron chi connectivity index (χ3n) is 4.08. The molecule has 1 atom stereocenters. The molecule has 0 spiro atoms. The molecule has 5 heteroatoms. The second-order valence-corrected chi connectivity index (χ2v) is 5.63. The summed E-state index contributed by atoms with van der Waals surface area (Å²) in [5.41, 5.74) is 9.64. The van der Waals surface area contributed by atoms with Gasteiger partial charge in [-0.25, -0.2) is 0 Å². The van der Waals surface area contributed by atoms with E-state index in [1.165, 1.54) is 0 Å². The van der Waals surface area contributed by atoms with Crippen LogP contribution in [0.15, 0.2) is 18.5 Å². The van der Waals surface area contributed by atoms with E-state index in [1.54, 1.807) is 0 Å². The number of aryl methyl sites for hydroxylation is 2. The summed E-state index contributed by atoms with van der Waals surface area (Å²) in [7, 11) is 1.94. The Kier molecular flexibility index (Phi) is 5.17. The van der Waals surface area contributed by atoms with Gasteiger partial charge in [-0.2, -0.15) is 10.2 Å². The normalized spacial score (nSPS) is 13.0. The van der Waals surface area contributed by atoms with Gasteiger partial charge in [0.05, 0.1) is 17.4 Å². The van der Waals surface area contributed by atoms with Gasteiger partial charge in [0.2, 0.25) is 0 Å². The molecule has 2 heterocycles. The van der Waals surface area contributed by atoms with Gasteiger partial charge in [-0.15, -0.1) is 0 Å². The number of nitrogens with two attached hydrogens (primary N) is 1. The molecule has 0 radical (unpaired) electrons. The van der Waals surface area contributed by atoms with Crippen LogP contribution in [-0.4, -0.2) is 19.6 Å². The van der Waals surface area contributed by atoms with Crippen LogP contribution < -0.4 is 5.73 Å². The first-order valence-corrected chi connectivity index (χ1v) is 7.90. The topological polar surface area (TPSA) is 61.7 Å². The third-order valence-corrected chi connectivity index (χ3v) is 4.08. The van der Waals surface area contributed by atoms with Gasteiger partial charge in [-0.3, -0.25) is 9.36 Å². The molecule has 0 aromatic carbocycles. The Labute approximate surface area is 127 Å². The first-order valence-electron chi connectivity index (χ1n) is 7.90. The minimum atomic E-state index is -0.0429. The maximum Gasteiger partial charge on any atom is 0.0669 e. The zero-order valence-corrected chi connectivity index (χ0v) is 13.6. The molecule has 0 aliphatic rings. The lowest BCUT2D eigenvalue weighted by molar-refractivity contribution is 0.424. The van der Waals surface area contributed by atoms with Crippen molar-refractivity contribution in [2.75, 3.05) is 0 Å². The molecule has 0 fully saturated rings. The Hall–Kier alpha value is -1.62. The zero-order chi connectivity index (χ0) is 15.4. The van der Waals surface area contributed by atoms with Crippen LogP contribution in [-0.2, 0) is 19.9 Å². The van der Waals surface area contributed by atoms with Crippen molar-refractivity contribution in [1.29, 1.82) is 0 Å². The van der Waals surface area contributed by atoms with E-state index >= 15 is 0 Å². The second-order valence-electron chi connectivity index (χ2n) is 5.63. The molecule has 1 unspecified atom stereocenters. The van der Waals surface area contributed by atoms with Crippen molar-refractivity contribution in [3.05, 3.63) is 35.4 Å². The summed E-state index contributed by atoms with van der Waals surface area (Å²) in [5, 5.41) is 9.15. The molecule has 2 aromatic heterocycles. The Balaban J connectivity index is 2.10. The highest BCUT2D eigenvalue weighted by Gasteiger charge is 2.16. The van der Waals surface area contributed by atoms with Crippen molar-refractivity contribution in [3.8, 4) is 0 Å². The number of hydrogen-bond donors (Lipinski definition) is 1. The summed E-state index contributed by atoms with van der Waals surface area (Å²) in [6, 6.07) is 2.53. The molecule has 5 nitrogen and oxygen atoms in total. The predicted octanol–water partition coefficient (Wildman–Crippen LogP) is 2.78. The van der Waals surface area contributed by atoms with Crippen LogP contribution in [0.25, 0.3) is 0 Å². The molecule has 21 heavy (non-hydrogen) atoms. The first-order chi connectivity index (χ1) is 10.1. The summed E-state index contributed by atoms with van der Waals surface area (Å²) in [5.74, 6) is 0. The van der Waals surface area contributed by atoms with Crippen LogP contribution in [0, 0.1) is 0 Å². The van der Waals surface area contributed by atoms with E-state index in [-0.39, 0.29) is 6.04 Å². The van der Waals surface area contributed by atoms with Crippen molar-refractivity contribution < 1.29 is 0 Å². The van der Waals surface area contributed by atoms with E-state index in [0.29, 0.717) is 6.04 Å². The number of nitrogens with zero attached hydrogens (tertiary/aromatic N) is 4. The van der Waals surface area contributed by atoms with E-state index in [9.17, 15) is 0 Å². The highest BCUT2D eigenvalue weighted by Crippen LogP contribution is 2.20. The first kappa shape index (κ1) is 15.8. The van der Waals surface area contributed by atoms with E-state index < -0.39 is 0 Å². The Morgan fingerprint density at radius 3 is 2.52 bits per heavy atom. The minimum Gasteiger partial charge on any atom is -0.324 e. The molecule has 0 amide bonds. The molecule has 2 rings (SSSR count). The maximum atomic E-state index is 6.36. The molecular weight excluding hydrogens is 262 g/mol. The van der Waals surface area contributed by atoms with Gasteiger partial charge in [0, 0.05) is 37.5 Å². The highest BCUT2D eigenvalue weighted by atomic mass is 15.3. The molecule has 0 aliphatic heterocycles. The van der Waals surface area contributed by atoms with Crippen LogP contribution in [0.3, 0.4) is 0 Å². The van der Waals surface area contributed by atoms with Crippen molar-refractivity contribution in [2.24, 2.45) is 12.8 Å². The fourth-order valence-electron chi connectivity index (χ4n) is 2.83. The summed E-state index contributed by atoms with van der Waals surface area (Å²) in [4.78, 5) is 0. The largest absolute Gasteiger partial charge is 0.324 e. The standard InChI is InChI=1S/C16H27N5/c1-5-13(6-2)21-9-8-12(18-21)10-15(17)14-11-20(4)19-16(14)7-3/h8-9,11,13,15H,5-7,10,17H2,1-4H3. The van der Waals surface area contributed by atoms with Gasteiger partial charge in [-0.05, 0) is 25.3 Å². The van der Waals surface area contributed by atoms with E-state index in [1.807, 2.05) is 17.9 Å². The van der Waals surface area contributed by atoms with Gasteiger partial charge in [0.1, 0.15) is 0 Å². The lowest BCUT2D eigenvalue weighted by Gasteiger charge is -2.13. The molecule has 0 aliphatic carbocycles. The Bertz CT molecular complexity index is 565. The number of aromatic nitrogens is 4. The van der Waals surface area contributed by atoms with Gasteiger partial charge in [0.15, 0.2) is 0 Å². The quantitative estimate of drug-likeness (QED) is 0.852. The Morgan fingerprint density at radius 1 is 1.19 bits per heavy atom. The highest BCUT2D eigenvalue weighted by molar-refractivity contribution is 5.22. The minimum absolute atomic E-state index is 0.0429. The SMILES string of the molecule is CCc1nn(C)cc1C(N)Cc1ccn(C(CC)CC)n1. The lowest BCUT2D eigenvalue weighted by atomic mass is 10.0. The van der Waals surface area contributed by atoms with E-state index in [0.717, 1.165) is 42.6 Å². The third kappa shape index (κ3) is 3.53. The predicted molar refractivity (Wildman–Crippen MR) is 85.1 cm³/mol.